The molecule has 1 aliphatic rings. The molecule has 1 aliphatic heterocycles. The zero-order valence-electron chi connectivity index (χ0n) is 21.8. The zero-order chi connectivity index (χ0) is 27.4. The van der Waals surface area contributed by atoms with Crippen LogP contribution < -0.4 is 19.6 Å². The van der Waals surface area contributed by atoms with Gasteiger partial charge in [0.15, 0.2) is 0 Å². The molecule has 0 radical (unpaired) electrons. The van der Waals surface area contributed by atoms with Crippen LogP contribution in [0.2, 0.25) is 0 Å². The molecule has 0 aromatic heterocycles. The van der Waals surface area contributed by atoms with Crippen LogP contribution in [0.4, 0.5) is 37.1 Å². The molecule has 5 rings (SSSR count). The Kier molecular flexibility index (Phi) is 7.27. The lowest BCUT2D eigenvalue weighted by molar-refractivity contribution is 0.220. The highest BCUT2D eigenvalue weighted by Crippen LogP contribution is 2.34. The maximum atomic E-state index is 14.2. The fourth-order valence-electron chi connectivity index (χ4n) is 4.68. The molecule has 39 heavy (non-hydrogen) atoms. The molecular formula is C31H29N5O3. The van der Waals surface area contributed by atoms with E-state index in [2.05, 4.69) is 0 Å². The minimum Gasteiger partial charge on any atom is -0.330 e. The van der Waals surface area contributed by atoms with Crippen LogP contribution in [0.1, 0.15) is 0 Å². The number of carbonyl (C=O) groups excluding carboxylic acids is 3. The van der Waals surface area contributed by atoms with Crippen molar-refractivity contribution in [2.45, 2.75) is 6.17 Å². The number of hydrogen-bond donors (Lipinski definition) is 0. The third kappa shape index (κ3) is 5.04. The summed E-state index contributed by atoms with van der Waals surface area (Å²) in [6.45, 7) is 0.0327. The van der Waals surface area contributed by atoms with Crippen LogP contribution in [-0.2, 0) is 0 Å². The maximum Gasteiger partial charge on any atom is 0.339 e. The molecule has 1 fully saturated rings. The highest BCUT2D eigenvalue weighted by atomic mass is 16.2. The summed E-state index contributed by atoms with van der Waals surface area (Å²) in [4.78, 5) is 49.4. The van der Waals surface area contributed by atoms with Crippen LogP contribution in [0.3, 0.4) is 0 Å². The van der Waals surface area contributed by atoms with E-state index in [4.69, 9.17) is 0 Å². The quantitative estimate of drug-likeness (QED) is 0.301. The second-order valence-electron chi connectivity index (χ2n) is 9.25. The molecule has 6 amide bonds. The van der Waals surface area contributed by atoms with Gasteiger partial charge in [-0.3, -0.25) is 14.7 Å². The van der Waals surface area contributed by atoms with Gasteiger partial charge in [-0.25, -0.2) is 19.3 Å². The molecule has 4 aromatic rings. The third-order valence-electron chi connectivity index (χ3n) is 6.50. The van der Waals surface area contributed by atoms with Crippen molar-refractivity contribution >= 4 is 40.8 Å². The van der Waals surface area contributed by atoms with Gasteiger partial charge in [0.05, 0.1) is 12.2 Å². The number of nitrogens with zero attached hydrogens (tertiary/aromatic N) is 5. The third-order valence-corrected chi connectivity index (χ3v) is 6.50. The van der Waals surface area contributed by atoms with Crippen LogP contribution >= 0.6 is 0 Å². The largest absolute Gasteiger partial charge is 0.339 e. The van der Waals surface area contributed by atoms with Gasteiger partial charge in [-0.1, -0.05) is 72.8 Å². The molecule has 8 heteroatoms. The van der Waals surface area contributed by atoms with Crippen molar-refractivity contribution < 1.29 is 14.4 Å². The molecule has 1 heterocycles. The highest BCUT2D eigenvalue weighted by molar-refractivity contribution is 6.26. The molecule has 0 aliphatic carbocycles. The SMILES string of the molecule is CN(C)C(=O)N(CC1N(c2ccccc2)C(=O)N(c2ccccc2)C(=O)N1c1ccccc1)c1ccccc1. The first kappa shape index (κ1) is 25.5. The van der Waals surface area contributed by atoms with Crippen LogP contribution in [0.5, 0.6) is 0 Å². The summed E-state index contributed by atoms with van der Waals surface area (Å²) in [6, 6.07) is 35.3. The monoisotopic (exact) mass is 519 g/mol. The highest BCUT2D eigenvalue weighted by Gasteiger charge is 2.47. The molecule has 4 aromatic carbocycles. The average molecular weight is 520 g/mol. The molecule has 0 N–H and O–H groups in total. The lowest BCUT2D eigenvalue weighted by Crippen LogP contribution is -2.70. The van der Waals surface area contributed by atoms with Gasteiger partial charge in [-0.05, 0) is 48.5 Å². The summed E-state index contributed by atoms with van der Waals surface area (Å²) in [5.41, 5.74) is 2.32. The number of amides is 6. The first-order valence-corrected chi connectivity index (χ1v) is 12.6. The average Bonchev–Trinajstić information content (AvgIpc) is 2.97. The standard InChI is InChI=1S/C31H29N5O3/c1-32(2)29(37)33(24-15-7-3-8-16-24)23-28-34(25-17-9-4-10-18-25)30(38)36(27-21-13-6-14-22-27)31(39)35(28)26-19-11-5-12-20-26/h3-22,28H,23H2,1-2H3. The van der Waals surface area contributed by atoms with Crippen LogP contribution in [0, 0.1) is 0 Å². The Morgan fingerprint density at radius 3 is 1.41 bits per heavy atom. The molecule has 0 spiro atoms. The number of rotatable bonds is 6. The zero-order valence-corrected chi connectivity index (χ0v) is 21.8. The van der Waals surface area contributed by atoms with Gasteiger partial charge in [-0.15, -0.1) is 0 Å². The predicted octanol–water partition coefficient (Wildman–Crippen LogP) is 6.27. The van der Waals surface area contributed by atoms with Crippen molar-refractivity contribution in [3.05, 3.63) is 121 Å². The van der Waals surface area contributed by atoms with Gasteiger partial charge in [0.25, 0.3) is 0 Å². The summed E-state index contributed by atoms with van der Waals surface area (Å²) < 4.78 is 0. The van der Waals surface area contributed by atoms with E-state index in [0.29, 0.717) is 22.7 Å². The summed E-state index contributed by atoms with van der Waals surface area (Å²) >= 11 is 0. The Bertz CT molecular complexity index is 1370. The Balaban J connectivity index is 1.70. The first-order valence-electron chi connectivity index (χ1n) is 12.6. The van der Waals surface area contributed by atoms with Crippen LogP contribution in [-0.4, -0.2) is 49.8 Å². The number of benzene rings is 4. The number of carbonyl (C=O) groups is 3. The van der Waals surface area contributed by atoms with Gasteiger partial charge >= 0.3 is 18.1 Å². The molecule has 0 atom stereocenters. The van der Waals surface area contributed by atoms with Gasteiger partial charge < -0.3 is 4.90 Å². The van der Waals surface area contributed by atoms with Gasteiger partial charge in [0.2, 0.25) is 0 Å². The van der Waals surface area contributed by atoms with E-state index in [-0.39, 0.29) is 12.6 Å². The van der Waals surface area contributed by atoms with E-state index in [9.17, 15) is 14.4 Å². The lowest BCUT2D eigenvalue weighted by atomic mass is 10.1. The molecule has 0 saturated carbocycles. The van der Waals surface area contributed by atoms with E-state index in [1.54, 1.807) is 53.1 Å². The lowest BCUT2D eigenvalue weighted by Gasteiger charge is -2.48. The molecular weight excluding hydrogens is 490 g/mol. The Morgan fingerprint density at radius 1 is 0.615 bits per heavy atom. The van der Waals surface area contributed by atoms with Crippen molar-refractivity contribution in [3.8, 4) is 0 Å². The second-order valence-corrected chi connectivity index (χ2v) is 9.25. The fraction of sp³-hybridized carbons (Fsp3) is 0.129. The van der Waals surface area contributed by atoms with Gasteiger partial charge in [-0.2, -0.15) is 0 Å². The van der Waals surface area contributed by atoms with Gasteiger partial charge in [0.1, 0.15) is 6.17 Å². The Labute approximate surface area is 227 Å². The maximum absolute atomic E-state index is 14.2. The molecule has 196 valence electrons. The van der Waals surface area contributed by atoms with E-state index in [0.717, 1.165) is 0 Å². The fourth-order valence-corrected chi connectivity index (χ4v) is 4.68. The summed E-state index contributed by atoms with van der Waals surface area (Å²) in [7, 11) is 3.35. The van der Waals surface area contributed by atoms with Crippen molar-refractivity contribution in [1.82, 2.24) is 4.90 Å². The van der Waals surface area contributed by atoms with Crippen molar-refractivity contribution in [3.63, 3.8) is 0 Å². The molecule has 1 saturated heterocycles. The minimum absolute atomic E-state index is 0.0327. The number of urea groups is 3. The number of imide groups is 1. The van der Waals surface area contributed by atoms with Crippen LogP contribution in [0.25, 0.3) is 0 Å². The Hall–Kier alpha value is -5.11. The van der Waals surface area contributed by atoms with Crippen molar-refractivity contribution in [2.24, 2.45) is 0 Å². The summed E-state index contributed by atoms with van der Waals surface area (Å²) in [6.07, 6.45) is -0.848. The van der Waals surface area contributed by atoms with Crippen molar-refractivity contribution in [1.29, 1.82) is 0 Å². The second kappa shape index (κ2) is 11.1. The molecule has 0 bridgehead atoms. The number of para-hydroxylation sites is 4. The normalized spacial score (nSPS) is 13.9. The molecule has 0 unspecified atom stereocenters. The summed E-state index contributed by atoms with van der Waals surface area (Å²) in [5.74, 6) is 0. The number of anilines is 4. The van der Waals surface area contributed by atoms with E-state index < -0.39 is 18.2 Å². The predicted molar refractivity (Wildman–Crippen MR) is 154 cm³/mol. The smallest absolute Gasteiger partial charge is 0.330 e. The molecule has 8 nitrogen and oxygen atoms in total. The minimum atomic E-state index is -0.848. The van der Waals surface area contributed by atoms with E-state index in [1.807, 2.05) is 97.1 Å². The van der Waals surface area contributed by atoms with E-state index >= 15 is 0 Å². The number of hydrogen-bond acceptors (Lipinski definition) is 3. The van der Waals surface area contributed by atoms with Crippen molar-refractivity contribution in [2.75, 3.05) is 40.2 Å². The topological polar surface area (TPSA) is 67.4 Å². The Morgan fingerprint density at radius 2 is 1.00 bits per heavy atom. The van der Waals surface area contributed by atoms with Gasteiger partial charge in [0, 0.05) is 31.2 Å². The first-order chi connectivity index (χ1) is 19.0. The van der Waals surface area contributed by atoms with Crippen LogP contribution in [0.15, 0.2) is 121 Å². The van der Waals surface area contributed by atoms with E-state index in [1.165, 1.54) is 9.80 Å². The summed E-state index contributed by atoms with van der Waals surface area (Å²) in [5, 5.41) is 0.